The van der Waals surface area contributed by atoms with Gasteiger partial charge in [-0.15, -0.1) is 0 Å². The first-order valence-corrected chi connectivity index (χ1v) is 8.88. The van der Waals surface area contributed by atoms with Crippen LogP contribution in [0, 0.1) is 0 Å². The van der Waals surface area contributed by atoms with Crippen molar-refractivity contribution in [1.82, 2.24) is 20.1 Å². The fourth-order valence-electron chi connectivity index (χ4n) is 3.21. The number of fused-ring (bicyclic) bond motifs is 1. The van der Waals surface area contributed by atoms with Gasteiger partial charge < -0.3 is 9.73 Å². The minimum absolute atomic E-state index is 0.132. The summed E-state index contributed by atoms with van der Waals surface area (Å²) in [7, 11) is 1.82. The second kappa shape index (κ2) is 7.07. The molecule has 4 aromatic rings. The molecule has 0 unspecified atom stereocenters. The molecule has 0 saturated heterocycles. The third kappa shape index (κ3) is 3.21. The van der Waals surface area contributed by atoms with E-state index in [0.29, 0.717) is 23.6 Å². The lowest BCUT2D eigenvalue weighted by Gasteiger charge is -2.08. The van der Waals surface area contributed by atoms with E-state index in [1.807, 2.05) is 37.4 Å². The molecule has 136 valence electrons. The summed E-state index contributed by atoms with van der Waals surface area (Å²) < 4.78 is 7.08. The second-order valence-corrected chi connectivity index (χ2v) is 6.39. The van der Waals surface area contributed by atoms with Crippen LogP contribution in [0.1, 0.15) is 28.4 Å². The van der Waals surface area contributed by atoms with Gasteiger partial charge in [0.25, 0.3) is 5.91 Å². The van der Waals surface area contributed by atoms with Crippen molar-refractivity contribution in [3.8, 4) is 11.5 Å². The van der Waals surface area contributed by atoms with Gasteiger partial charge in [-0.3, -0.25) is 9.48 Å². The lowest BCUT2D eigenvalue weighted by molar-refractivity contribution is 0.0952. The quantitative estimate of drug-likeness (QED) is 0.589. The van der Waals surface area contributed by atoms with E-state index >= 15 is 0 Å². The topological polar surface area (TPSA) is 73.0 Å². The number of amides is 1. The maximum Gasteiger partial charge on any atom is 0.253 e. The number of carbonyl (C=O) groups is 1. The summed E-state index contributed by atoms with van der Waals surface area (Å²) in [6, 6.07) is 13.9. The first kappa shape index (κ1) is 17.0. The van der Waals surface area contributed by atoms with Crippen LogP contribution in [0.5, 0.6) is 0 Å². The van der Waals surface area contributed by atoms with Crippen LogP contribution >= 0.6 is 0 Å². The Morgan fingerprint density at radius 2 is 1.93 bits per heavy atom. The van der Waals surface area contributed by atoms with Crippen LogP contribution in [0.3, 0.4) is 0 Å². The number of carbonyl (C=O) groups excluding carboxylic acids is 1. The molecule has 27 heavy (non-hydrogen) atoms. The highest BCUT2D eigenvalue weighted by atomic mass is 16.3. The molecule has 0 aliphatic rings. The van der Waals surface area contributed by atoms with Crippen LogP contribution in [0.4, 0.5) is 0 Å². The highest BCUT2D eigenvalue weighted by molar-refractivity contribution is 6.08. The number of benzene rings is 2. The van der Waals surface area contributed by atoms with Gasteiger partial charge in [-0.1, -0.05) is 43.3 Å². The van der Waals surface area contributed by atoms with Gasteiger partial charge in [-0.2, -0.15) is 5.10 Å². The Morgan fingerprint density at radius 3 is 2.63 bits per heavy atom. The Labute approximate surface area is 156 Å². The average molecular weight is 360 g/mol. The van der Waals surface area contributed by atoms with E-state index in [0.717, 1.165) is 22.9 Å². The number of hydrogen-bond acceptors (Lipinski definition) is 4. The van der Waals surface area contributed by atoms with E-state index in [1.54, 1.807) is 10.9 Å². The minimum Gasteiger partial charge on any atom is -0.442 e. The molecule has 2 heterocycles. The molecule has 0 saturated carbocycles. The second-order valence-electron chi connectivity index (χ2n) is 6.39. The molecule has 2 aromatic heterocycles. The molecule has 1 N–H and O–H groups in total. The molecule has 0 spiro atoms. The number of nitrogens with one attached hydrogen (secondary N) is 1. The van der Waals surface area contributed by atoms with Crippen LogP contribution in [0.25, 0.3) is 22.4 Å². The molecule has 6 heteroatoms. The van der Waals surface area contributed by atoms with E-state index in [4.69, 9.17) is 4.42 Å². The highest BCUT2D eigenvalue weighted by Gasteiger charge is 2.19. The summed E-state index contributed by atoms with van der Waals surface area (Å²) in [6.07, 6.45) is 3.99. The number of aromatic nitrogens is 3. The molecule has 1 amide bonds. The smallest absolute Gasteiger partial charge is 0.253 e. The van der Waals surface area contributed by atoms with Crippen molar-refractivity contribution in [3.05, 3.63) is 71.7 Å². The number of hydrogen-bond donors (Lipinski definition) is 1. The summed E-state index contributed by atoms with van der Waals surface area (Å²) >= 11 is 0. The van der Waals surface area contributed by atoms with Crippen LogP contribution in [-0.4, -0.2) is 20.7 Å². The average Bonchev–Trinajstić information content (AvgIpc) is 3.34. The largest absolute Gasteiger partial charge is 0.442 e. The molecule has 0 bridgehead atoms. The summed E-state index contributed by atoms with van der Waals surface area (Å²) in [5, 5.41) is 8.37. The highest BCUT2D eigenvalue weighted by Crippen LogP contribution is 2.29. The summed E-state index contributed by atoms with van der Waals surface area (Å²) in [5.41, 5.74) is 4.38. The third-order valence-corrected chi connectivity index (χ3v) is 4.66. The van der Waals surface area contributed by atoms with Crippen molar-refractivity contribution in [1.29, 1.82) is 0 Å². The van der Waals surface area contributed by atoms with Crippen molar-refractivity contribution >= 4 is 16.8 Å². The Kier molecular flexibility index (Phi) is 4.46. The van der Waals surface area contributed by atoms with E-state index in [2.05, 4.69) is 34.5 Å². The van der Waals surface area contributed by atoms with Gasteiger partial charge >= 0.3 is 0 Å². The molecule has 0 aliphatic heterocycles. The maximum atomic E-state index is 12.8. The zero-order valence-electron chi connectivity index (χ0n) is 15.3. The van der Waals surface area contributed by atoms with Crippen molar-refractivity contribution < 1.29 is 9.21 Å². The van der Waals surface area contributed by atoms with Crippen LogP contribution in [0.2, 0.25) is 0 Å². The standard InChI is InChI=1S/C21H20N4O2/c1-3-14-7-9-15(10-8-14)11-23-21(26)17-6-4-5-16-19(18-12-22-13-27-18)24-25(2)20(16)17/h4-10,12-13H,3,11H2,1-2H3,(H,23,26). The van der Waals surface area contributed by atoms with Crippen molar-refractivity contribution in [3.63, 3.8) is 0 Å². The van der Waals surface area contributed by atoms with Gasteiger partial charge in [0.15, 0.2) is 12.2 Å². The Hall–Kier alpha value is -3.41. The number of aryl methyl sites for hydroxylation is 2. The molecule has 6 nitrogen and oxygen atoms in total. The molecular weight excluding hydrogens is 340 g/mol. The summed E-state index contributed by atoms with van der Waals surface area (Å²) in [6.45, 7) is 2.60. The van der Waals surface area contributed by atoms with Crippen molar-refractivity contribution in [2.24, 2.45) is 7.05 Å². The normalized spacial score (nSPS) is 11.0. The molecule has 0 atom stereocenters. The van der Waals surface area contributed by atoms with E-state index in [-0.39, 0.29) is 5.91 Å². The third-order valence-electron chi connectivity index (χ3n) is 4.66. The number of oxazole rings is 1. The Balaban J connectivity index is 1.62. The zero-order valence-corrected chi connectivity index (χ0v) is 15.3. The van der Waals surface area contributed by atoms with E-state index < -0.39 is 0 Å². The predicted molar refractivity (Wildman–Crippen MR) is 103 cm³/mol. The Morgan fingerprint density at radius 1 is 1.15 bits per heavy atom. The predicted octanol–water partition coefficient (Wildman–Crippen LogP) is 3.72. The molecule has 4 rings (SSSR count). The van der Waals surface area contributed by atoms with E-state index in [9.17, 15) is 4.79 Å². The van der Waals surface area contributed by atoms with E-state index in [1.165, 1.54) is 12.0 Å². The van der Waals surface area contributed by atoms with Gasteiger partial charge in [0.2, 0.25) is 0 Å². The first-order valence-electron chi connectivity index (χ1n) is 8.88. The fourth-order valence-corrected chi connectivity index (χ4v) is 3.21. The fraction of sp³-hybridized carbons (Fsp3) is 0.190. The number of rotatable bonds is 5. The minimum atomic E-state index is -0.132. The first-order chi connectivity index (χ1) is 13.2. The zero-order chi connectivity index (χ0) is 18.8. The lowest BCUT2D eigenvalue weighted by atomic mass is 10.1. The van der Waals surface area contributed by atoms with Crippen LogP contribution in [0.15, 0.2) is 59.5 Å². The van der Waals surface area contributed by atoms with Crippen LogP contribution < -0.4 is 5.32 Å². The number of nitrogens with zero attached hydrogens (tertiary/aromatic N) is 3. The molecule has 0 fully saturated rings. The summed E-state index contributed by atoms with van der Waals surface area (Å²) in [5.74, 6) is 0.446. The molecule has 2 aromatic carbocycles. The van der Waals surface area contributed by atoms with Crippen molar-refractivity contribution in [2.45, 2.75) is 19.9 Å². The summed E-state index contributed by atoms with van der Waals surface area (Å²) in [4.78, 5) is 16.8. The van der Waals surface area contributed by atoms with Gasteiger partial charge in [0.1, 0.15) is 5.69 Å². The maximum absolute atomic E-state index is 12.8. The molecule has 0 radical (unpaired) electrons. The van der Waals surface area contributed by atoms with Crippen molar-refractivity contribution in [2.75, 3.05) is 0 Å². The van der Waals surface area contributed by atoms with Gasteiger partial charge in [0, 0.05) is 19.0 Å². The van der Waals surface area contributed by atoms with Crippen LogP contribution in [-0.2, 0) is 20.0 Å². The number of para-hydroxylation sites is 1. The van der Waals surface area contributed by atoms with Gasteiger partial charge in [0.05, 0.1) is 17.3 Å². The molecular formula is C21H20N4O2. The monoisotopic (exact) mass is 360 g/mol. The Bertz CT molecular complexity index is 1080. The lowest BCUT2D eigenvalue weighted by Crippen LogP contribution is -2.23. The molecule has 0 aliphatic carbocycles. The SMILES string of the molecule is CCc1ccc(CNC(=O)c2cccc3c(-c4cnco4)nn(C)c23)cc1. The van der Waals surface area contributed by atoms with Gasteiger partial charge in [-0.25, -0.2) is 4.98 Å². The van der Waals surface area contributed by atoms with Gasteiger partial charge in [-0.05, 0) is 23.6 Å².